The average Bonchev–Trinajstić information content (AvgIpc) is 3.32. The average molecular weight is 396 g/mol. The Kier molecular flexibility index (Phi) is 4.47. The molecule has 144 valence electrons. The fraction of sp³-hybridized carbons (Fsp3) is 0.190. The minimum absolute atomic E-state index is 0.202. The van der Waals surface area contributed by atoms with Gasteiger partial charge in [-0.05, 0) is 79.4 Å². The molecular formula is C21H20N2O4S. The van der Waals surface area contributed by atoms with Crippen LogP contribution in [0.5, 0.6) is 0 Å². The van der Waals surface area contributed by atoms with Crippen LogP contribution in [0.2, 0.25) is 0 Å². The van der Waals surface area contributed by atoms with Crippen molar-refractivity contribution in [1.29, 1.82) is 0 Å². The van der Waals surface area contributed by atoms with Crippen molar-refractivity contribution >= 4 is 27.3 Å². The summed E-state index contributed by atoms with van der Waals surface area (Å²) in [6.45, 7) is 4.35. The van der Waals surface area contributed by atoms with E-state index in [1.807, 2.05) is 13.8 Å². The van der Waals surface area contributed by atoms with Crippen molar-refractivity contribution in [3.05, 3.63) is 77.2 Å². The van der Waals surface area contributed by atoms with Gasteiger partial charge < -0.3 is 9.32 Å². The molecule has 0 saturated heterocycles. The molecule has 6 nitrogen and oxygen atoms in total. The predicted octanol–water partition coefficient (Wildman–Crippen LogP) is 3.90. The summed E-state index contributed by atoms with van der Waals surface area (Å²) in [5.41, 5.74) is 4.13. The summed E-state index contributed by atoms with van der Waals surface area (Å²) in [7, 11) is -3.68. The topological polar surface area (TPSA) is 79.6 Å². The van der Waals surface area contributed by atoms with Crippen LogP contribution in [0, 0.1) is 13.8 Å². The third kappa shape index (κ3) is 3.29. The van der Waals surface area contributed by atoms with Gasteiger partial charge in [0.1, 0.15) is 0 Å². The number of furan rings is 1. The Hall–Kier alpha value is -3.06. The smallest absolute Gasteiger partial charge is 0.293 e. The number of amides is 1. The zero-order valence-corrected chi connectivity index (χ0v) is 16.4. The van der Waals surface area contributed by atoms with E-state index in [9.17, 15) is 13.2 Å². The van der Waals surface area contributed by atoms with Crippen molar-refractivity contribution in [3.63, 3.8) is 0 Å². The number of hydrogen-bond donors (Lipinski definition) is 1. The van der Waals surface area contributed by atoms with Gasteiger partial charge >= 0.3 is 0 Å². The monoisotopic (exact) mass is 396 g/mol. The Morgan fingerprint density at radius 2 is 1.89 bits per heavy atom. The fourth-order valence-electron chi connectivity index (χ4n) is 3.30. The lowest BCUT2D eigenvalue weighted by Crippen LogP contribution is -2.28. The van der Waals surface area contributed by atoms with Gasteiger partial charge in [0, 0.05) is 17.9 Å². The molecule has 0 fully saturated rings. The van der Waals surface area contributed by atoms with E-state index in [-0.39, 0.29) is 16.6 Å². The molecule has 1 aromatic heterocycles. The van der Waals surface area contributed by atoms with Crippen LogP contribution in [0.1, 0.15) is 27.2 Å². The number of benzene rings is 2. The largest absolute Gasteiger partial charge is 0.459 e. The Labute approximate surface area is 163 Å². The van der Waals surface area contributed by atoms with E-state index in [2.05, 4.69) is 4.72 Å². The molecule has 1 aliphatic heterocycles. The van der Waals surface area contributed by atoms with Crippen LogP contribution in [0.4, 0.5) is 11.4 Å². The summed E-state index contributed by atoms with van der Waals surface area (Å²) in [5.74, 6) is 0.0829. The first-order valence-electron chi connectivity index (χ1n) is 8.93. The first-order valence-corrected chi connectivity index (χ1v) is 10.4. The summed E-state index contributed by atoms with van der Waals surface area (Å²) < 4.78 is 33.2. The molecule has 1 N–H and O–H groups in total. The van der Waals surface area contributed by atoms with E-state index in [1.165, 1.54) is 6.26 Å². The number of anilines is 2. The molecule has 0 unspecified atom stereocenters. The number of nitrogens with one attached hydrogen (secondary N) is 1. The van der Waals surface area contributed by atoms with Crippen LogP contribution in [-0.2, 0) is 16.4 Å². The first kappa shape index (κ1) is 18.3. The molecule has 0 saturated carbocycles. The molecule has 2 aromatic carbocycles. The number of sulfonamides is 1. The van der Waals surface area contributed by atoms with E-state index in [4.69, 9.17) is 4.42 Å². The molecule has 0 bridgehead atoms. The van der Waals surface area contributed by atoms with E-state index in [1.54, 1.807) is 53.4 Å². The van der Waals surface area contributed by atoms with Gasteiger partial charge in [-0.1, -0.05) is 6.07 Å². The third-order valence-electron chi connectivity index (χ3n) is 4.99. The van der Waals surface area contributed by atoms with Crippen molar-refractivity contribution in [3.8, 4) is 0 Å². The highest BCUT2D eigenvalue weighted by Gasteiger charge is 2.27. The lowest BCUT2D eigenvalue weighted by Gasteiger charge is -2.16. The van der Waals surface area contributed by atoms with Gasteiger partial charge in [-0.2, -0.15) is 0 Å². The minimum atomic E-state index is -3.68. The number of fused-ring (bicyclic) bond motifs is 1. The maximum atomic E-state index is 12.7. The Balaban J connectivity index is 1.58. The highest BCUT2D eigenvalue weighted by Crippen LogP contribution is 2.32. The maximum absolute atomic E-state index is 12.7. The molecule has 1 amide bonds. The third-order valence-corrected chi connectivity index (χ3v) is 6.37. The summed E-state index contributed by atoms with van der Waals surface area (Å²) in [6, 6.07) is 13.6. The molecule has 1 aliphatic rings. The van der Waals surface area contributed by atoms with Crippen molar-refractivity contribution < 1.29 is 17.6 Å². The highest BCUT2D eigenvalue weighted by molar-refractivity contribution is 7.92. The summed E-state index contributed by atoms with van der Waals surface area (Å²) in [6.07, 6.45) is 2.12. The molecule has 0 spiro atoms. The van der Waals surface area contributed by atoms with E-state index < -0.39 is 10.0 Å². The van der Waals surface area contributed by atoms with Gasteiger partial charge in [-0.15, -0.1) is 0 Å². The zero-order chi connectivity index (χ0) is 19.9. The van der Waals surface area contributed by atoms with E-state index >= 15 is 0 Å². The second kappa shape index (κ2) is 6.83. The fourth-order valence-corrected chi connectivity index (χ4v) is 4.44. The van der Waals surface area contributed by atoms with Gasteiger partial charge in [0.15, 0.2) is 5.76 Å². The first-order chi connectivity index (χ1) is 13.3. The van der Waals surface area contributed by atoms with Gasteiger partial charge in [0.25, 0.3) is 15.9 Å². The number of carbonyl (C=O) groups excluding carboxylic acids is 1. The maximum Gasteiger partial charge on any atom is 0.293 e. The predicted molar refractivity (Wildman–Crippen MR) is 107 cm³/mol. The summed E-state index contributed by atoms with van der Waals surface area (Å²) in [5, 5.41) is 0. The molecule has 7 heteroatoms. The Morgan fingerprint density at radius 3 is 2.61 bits per heavy atom. The zero-order valence-electron chi connectivity index (χ0n) is 15.6. The standard InChI is InChI=1S/C21H20N2O4S/c1-14-5-7-18(12-15(14)2)28(25,26)22-17-6-8-19-16(13-17)9-10-23(19)21(24)20-4-3-11-27-20/h3-8,11-13,22H,9-10H2,1-2H3. The van der Waals surface area contributed by atoms with Gasteiger partial charge in [0.2, 0.25) is 0 Å². The molecule has 0 radical (unpaired) electrons. The number of hydrogen-bond acceptors (Lipinski definition) is 4. The molecule has 28 heavy (non-hydrogen) atoms. The van der Waals surface area contributed by atoms with Crippen LogP contribution in [0.3, 0.4) is 0 Å². The number of carbonyl (C=O) groups is 1. The van der Waals surface area contributed by atoms with Gasteiger partial charge in [-0.3, -0.25) is 9.52 Å². The van der Waals surface area contributed by atoms with Gasteiger partial charge in [0.05, 0.1) is 11.2 Å². The second-order valence-corrected chi connectivity index (χ2v) is 8.56. The number of nitrogens with zero attached hydrogens (tertiary/aromatic N) is 1. The lowest BCUT2D eigenvalue weighted by atomic mass is 10.1. The minimum Gasteiger partial charge on any atom is -0.459 e. The van der Waals surface area contributed by atoms with Crippen LogP contribution in [0.25, 0.3) is 0 Å². The van der Waals surface area contributed by atoms with Gasteiger partial charge in [-0.25, -0.2) is 8.42 Å². The lowest BCUT2D eigenvalue weighted by molar-refractivity contribution is 0.0963. The molecule has 3 aromatic rings. The SMILES string of the molecule is Cc1ccc(S(=O)(=O)Nc2ccc3c(c2)CCN3C(=O)c2ccco2)cc1C. The Morgan fingerprint density at radius 1 is 1.07 bits per heavy atom. The Bertz CT molecular complexity index is 1150. The second-order valence-electron chi connectivity index (χ2n) is 6.88. The van der Waals surface area contributed by atoms with E-state index in [0.717, 1.165) is 22.4 Å². The van der Waals surface area contributed by atoms with Crippen molar-refractivity contribution in [2.75, 3.05) is 16.2 Å². The van der Waals surface area contributed by atoms with Crippen LogP contribution in [-0.4, -0.2) is 20.9 Å². The normalized spacial score (nSPS) is 13.4. The van der Waals surface area contributed by atoms with Crippen molar-refractivity contribution in [2.45, 2.75) is 25.2 Å². The number of aryl methyl sites for hydroxylation is 2. The molecule has 2 heterocycles. The summed E-state index contributed by atoms with van der Waals surface area (Å²) >= 11 is 0. The van der Waals surface area contributed by atoms with Crippen molar-refractivity contribution in [2.24, 2.45) is 0 Å². The van der Waals surface area contributed by atoms with Crippen LogP contribution < -0.4 is 9.62 Å². The molecule has 0 atom stereocenters. The number of rotatable bonds is 4. The van der Waals surface area contributed by atoms with Crippen LogP contribution >= 0.6 is 0 Å². The van der Waals surface area contributed by atoms with Crippen LogP contribution in [0.15, 0.2) is 64.1 Å². The quantitative estimate of drug-likeness (QED) is 0.725. The molecular weight excluding hydrogens is 376 g/mol. The highest BCUT2D eigenvalue weighted by atomic mass is 32.2. The van der Waals surface area contributed by atoms with Crippen molar-refractivity contribution in [1.82, 2.24) is 0 Å². The molecule has 0 aliphatic carbocycles. The van der Waals surface area contributed by atoms with E-state index in [0.29, 0.717) is 18.7 Å². The summed E-state index contributed by atoms with van der Waals surface area (Å²) in [4.78, 5) is 14.4. The molecule has 4 rings (SSSR count).